The number of ether oxygens (including phenoxy) is 1. The fraction of sp³-hybridized carbons (Fsp3) is 0.917. The highest BCUT2D eigenvalue weighted by molar-refractivity contribution is 8.00. The van der Waals surface area contributed by atoms with Crippen molar-refractivity contribution in [3.63, 3.8) is 0 Å². The highest BCUT2D eigenvalue weighted by Crippen LogP contribution is 2.32. The topological polar surface area (TPSA) is 45.7 Å². The third-order valence-electron chi connectivity index (χ3n) is 3.18. The zero-order valence-corrected chi connectivity index (χ0v) is 12.0. The van der Waals surface area contributed by atoms with Gasteiger partial charge in [0.25, 0.3) is 0 Å². The minimum atomic E-state index is 0.308. The number of hydrogen-bond donors (Lipinski definition) is 2. The largest absolute Gasteiger partial charge is 0.381 e. The van der Waals surface area contributed by atoms with Gasteiger partial charge in [-0.3, -0.25) is 4.99 Å². The number of nitrogens with zero attached hydrogens (tertiary/aromatic N) is 1. The van der Waals surface area contributed by atoms with Crippen molar-refractivity contribution in [2.75, 3.05) is 39.6 Å². The zero-order valence-electron chi connectivity index (χ0n) is 11.2. The van der Waals surface area contributed by atoms with E-state index in [4.69, 9.17) is 4.74 Å². The summed E-state index contributed by atoms with van der Waals surface area (Å²) in [6.45, 7) is 5.84. The Kier molecular flexibility index (Phi) is 6.73. The number of aliphatic imine (C=N–C) groups is 1. The van der Waals surface area contributed by atoms with Gasteiger partial charge in [-0.05, 0) is 25.5 Å². The molecule has 0 spiro atoms. The smallest absolute Gasteiger partial charge is 0.191 e. The Labute approximate surface area is 109 Å². The predicted octanol–water partition coefficient (Wildman–Crippen LogP) is 1.47. The Morgan fingerprint density at radius 1 is 1.35 bits per heavy atom. The van der Waals surface area contributed by atoms with Crippen LogP contribution in [0.3, 0.4) is 0 Å². The van der Waals surface area contributed by atoms with Crippen molar-refractivity contribution in [2.45, 2.75) is 30.9 Å². The van der Waals surface area contributed by atoms with Crippen LogP contribution < -0.4 is 10.6 Å². The van der Waals surface area contributed by atoms with Crippen molar-refractivity contribution in [1.82, 2.24) is 10.6 Å². The van der Waals surface area contributed by atoms with Gasteiger partial charge in [0.05, 0.1) is 0 Å². The molecule has 4 nitrogen and oxygen atoms in total. The van der Waals surface area contributed by atoms with Crippen LogP contribution in [0.25, 0.3) is 0 Å². The van der Waals surface area contributed by atoms with Crippen LogP contribution in [0.1, 0.15) is 26.2 Å². The van der Waals surface area contributed by atoms with Gasteiger partial charge in [0, 0.05) is 38.1 Å². The molecule has 5 heteroatoms. The van der Waals surface area contributed by atoms with E-state index in [0.717, 1.165) is 51.5 Å². The maximum absolute atomic E-state index is 5.44. The van der Waals surface area contributed by atoms with Crippen molar-refractivity contribution >= 4 is 17.7 Å². The van der Waals surface area contributed by atoms with Crippen LogP contribution in [0.15, 0.2) is 4.99 Å². The van der Waals surface area contributed by atoms with Crippen LogP contribution in [-0.4, -0.2) is 50.3 Å². The Morgan fingerprint density at radius 2 is 2.06 bits per heavy atom. The van der Waals surface area contributed by atoms with Crippen LogP contribution in [0, 0.1) is 0 Å². The van der Waals surface area contributed by atoms with Gasteiger partial charge >= 0.3 is 0 Å². The molecule has 1 heterocycles. The number of guanidine groups is 1. The molecule has 0 aromatic carbocycles. The fourth-order valence-corrected chi connectivity index (χ4v) is 2.70. The quantitative estimate of drug-likeness (QED) is 0.580. The maximum atomic E-state index is 5.44. The van der Waals surface area contributed by atoms with Gasteiger partial charge < -0.3 is 15.4 Å². The Bertz CT molecular complexity index is 240. The van der Waals surface area contributed by atoms with Gasteiger partial charge in [0.1, 0.15) is 0 Å². The molecular formula is C12H25N3OS. The van der Waals surface area contributed by atoms with Gasteiger partial charge in [-0.25, -0.2) is 0 Å². The van der Waals surface area contributed by atoms with E-state index in [0.29, 0.717) is 4.75 Å². The van der Waals surface area contributed by atoms with Crippen LogP contribution in [0.5, 0.6) is 0 Å². The van der Waals surface area contributed by atoms with Crippen molar-refractivity contribution in [1.29, 1.82) is 0 Å². The molecule has 17 heavy (non-hydrogen) atoms. The van der Waals surface area contributed by atoms with E-state index in [9.17, 15) is 0 Å². The lowest BCUT2D eigenvalue weighted by Crippen LogP contribution is -2.48. The first kappa shape index (κ1) is 14.6. The SMILES string of the molecule is CCCNC(=NC)NCC1(SC)CCOCC1. The first-order valence-electron chi connectivity index (χ1n) is 6.34. The molecule has 0 aromatic rings. The van der Waals surface area contributed by atoms with Gasteiger partial charge in [-0.15, -0.1) is 0 Å². The molecule has 1 aliphatic rings. The third-order valence-corrected chi connectivity index (χ3v) is 4.60. The summed E-state index contributed by atoms with van der Waals surface area (Å²) in [4.78, 5) is 4.23. The molecule has 1 aliphatic heterocycles. The van der Waals surface area contributed by atoms with E-state index < -0.39 is 0 Å². The van der Waals surface area contributed by atoms with E-state index in [1.807, 2.05) is 18.8 Å². The molecule has 2 N–H and O–H groups in total. The molecular weight excluding hydrogens is 234 g/mol. The normalized spacial score (nSPS) is 20.1. The number of hydrogen-bond acceptors (Lipinski definition) is 3. The summed E-state index contributed by atoms with van der Waals surface area (Å²) >= 11 is 1.94. The molecule has 0 saturated carbocycles. The van der Waals surface area contributed by atoms with Gasteiger partial charge in [-0.1, -0.05) is 6.92 Å². The third kappa shape index (κ3) is 4.76. The number of thioether (sulfide) groups is 1. The van der Waals surface area contributed by atoms with Gasteiger partial charge in [0.2, 0.25) is 0 Å². The van der Waals surface area contributed by atoms with E-state index in [-0.39, 0.29) is 0 Å². The summed E-state index contributed by atoms with van der Waals surface area (Å²) in [6, 6.07) is 0. The summed E-state index contributed by atoms with van der Waals surface area (Å²) in [7, 11) is 1.82. The molecule has 0 radical (unpaired) electrons. The highest BCUT2D eigenvalue weighted by atomic mass is 32.2. The molecule has 100 valence electrons. The molecule has 0 bridgehead atoms. The molecule has 0 amide bonds. The minimum Gasteiger partial charge on any atom is -0.381 e. The lowest BCUT2D eigenvalue weighted by atomic mass is 9.99. The van der Waals surface area contributed by atoms with Gasteiger partial charge in [-0.2, -0.15) is 11.8 Å². The molecule has 0 aromatic heterocycles. The summed E-state index contributed by atoms with van der Waals surface area (Å²) in [5, 5.41) is 6.73. The lowest BCUT2D eigenvalue weighted by Gasteiger charge is -2.36. The first-order chi connectivity index (χ1) is 8.26. The second-order valence-electron chi connectivity index (χ2n) is 4.35. The summed E-state index contributed by atoms with van der Waals surface area (Å²) < 4.78 is 5.75. The molecule has 1 rings (SSSR count). The van der Waals surface area contributed by atoms with Crippen molar-refractivity contribution in [2.24, 2.45) is 4.99 Å². The van der Waals surface area contributed by atoms with Crippen molar-refractivity contribution < 1.29 is 4.74 Å². The Balaban J connectivity index is 2.40. The van der Waals surface area contributed by atoms with E-state index in [2.05, 4.69) is 28.8 Å². The fourth-order valence-electron chi connectivity index (χ4n) is 1.91. The molecule has 0 aliphatic carbocycles. The summed E-state index contributed by atoms with van der Waals surface area (Å²) in [5.41, 5.74) is 0. The molecule has 1 saturated heterocycles. The molecule has 0 atom stereocenters. The Hall–Kier alpha value is -0.420. The van der Waals surface area contributed by atoms with Crippen LogP contribution in [0.4, 0.5) is 0 Å². The first-order valence-corrected chi connectivity index (χ1v) is 7.56. The highest BCUT2D eigenvalue weighted by Gasteiger charge is 2.31. The van der Waals surface area contributed by atoms with E-state index >= 15 is 0 Å². The van der Waals surface area contributed by atoms with E-state index in [1.54, 1.807) is 0 Å². The molecule has 1 fully saturated rings. The van der Waals surface area contributed by atoms with Crippen molar-refractivity contribution in [3.05, 3.63) is 0 Å². The zero-order chi connectivity index (χ0) is 12.6. The standard InChI is InChI=1S/C12H25N3OS/c1-4-7-14-11(13-2)15-10-12(17-3)5-8-16-9-6-12/h4-10H2,1-3H3,(H2,13,14,15). The number of nitrogens with one attached hydrogen (secondary N) is 2. The van der Waals surface area contributed by atoms with Crippen LogP contribution >= 0.6 is 11.8 Å². The summed E-state index contributed by atoms with van der Waals surface area (Å²) in [6.07, 6.45) is 5.54. The molecule has 0 unspecified atom stereocenters. The second-order valence-corrected chi connectivity index (χ2v) is 5.63. The average molecular weight is 259 g/mol. The monoisotopic (exact) mass is 259 g/mol. The lowest BCUT2D eigenvalue weighted by molar-refractivity contribution is 0.0783. The maximum Gasteiger partial charge on any atom is 0.191 e. The van der Waals surface area contributed by atoms with Crippen LogP contribution in [-0.2, 0) is 4.74 Å². The van der Waals surface area contributed by atoms with Crippen molar-refractivity contribution in [3.8, 4) is 0 Å². The van der Waals surface area contributed by atoms with Gasteiger partial charge in [0.15, 0.2) is 5.96 Å². The minimum absolute atomic E-state index is 0.308. The van der Waals surface area contributed by atoms with Crippen LogP contribution in [0.2, 0.25) is 0 Å². The summed E-state index contributed by atoms with van der Waals surface area (Å²) in [5.74, 6) is 0.909. The van der Waals surface area contributed by atoms with E-state index in [1.165, 1.54) is 0 Å². The Morgan fingerprint density at radius 3 is 2.59 bits per heavy atom. The average Bonchev–Trinajstić information content (AvgIpc) is 2.40. The number of rotatable bonds is 5. The predicted molar refractivity (Wildman–Crippen MR) is 76.0 cm³/mol. The second kappa shape index (κ2) is 7.82.